The van der Waals surface area contributed by atoms with E-state index in [4.69, 9.17) is 4.74 Å². The number of carbonyl (C=O) groups is 3. The van der Waals surface area contributed by atoms with E-state index in [9.17, 15) is 14.4 Å². The van der Waals surface area contributed by atoms with E-state index < -0.39 is 0 Å². The van der Waals surface area contributed by atoms with Gasteiger partial charge in [0.05, 0.1) is 11.8 Å². The zero-order valence-electron chi connectivity index (χ0n) is 11.9. The van der Waals surface area contributed by atoms with Gasteiger partial charge < -0.3 is 9.64 Å². The zero-order valence-corrected chi connectivity index (χ0v) is 12.8. The van der Waals surface area contributed by atoms with Crippen LogP contribution in [-0.2, 0) is 9.59 Å². The lowest BCUT2D eigenvalue weighted by molar-refractivity contribution is -0.133. The van der Waals surface area contributed by atoms with E-state index in [1.165, 1.54) is 4.90 Å². The van der Waals surface area contributed by atoms with Crippen LogP contribution in [-0.4, -0.2) is 58.3 Å². The minimum Gasteiger partial charge on any atom is -0.484 e. The molecule has 2 fully saturated rings. The topological polar surface area (TPSA) is 66.9 Å². The molecule has 0 spiro atoms. The molecule has 1 unspecified atom stereocenters. The van der Waals surface area contributed by atoms with Gasteiger partial charge in [0.25, 0.3) is 11.1 Å². The summed E-state index contributed by atoms with van der Waals surface area (Å²) in [7, 11) is 0. The second kappa shape index (κ2) is 6.39. The molecule has 2 heterocycles. The summed E-state index contributed by atoms with van der Waals surface area (Å²) in [6.07, 6.45) is 0.634. The van der Waals surface area contributed by atoms with Crippen LogP contribution in [0.1, 0.15) is 6.42 Å². The second-order valence-electron chi connectivity index (χ2n) is 5.20. The number of likely N-dealkylation sites (tertiary alicyclic amines) is 1. The molecule has 0 N–H and O–H groups in total. The van der Waals surface area contributed by atoms with Crippen molar-refractivity contribution < 1.29 is 19.1 Å². The fraction of sp³-hybridized carbons (Fsp3) is 0.400. The third kappa shape index (κ3) is 3.09. The molecule has 3 amide bonds. The summed E-state index contributed by atoms with van der Waals surface area (Å²) in [5.74, 6) is 0.571. The fourth-order valence-corrected chi connectivity index (χ4v) is 3.43. The molecule has 22 heavy (non-hydrogen) atoms. The molecule has 7 heteroatoms. The van der Waals surface area contributed by atoms with Crippen molar-refractivity contribution in [3.8, 4) is 5.75 Å². The monoisotopic (exact) mass is 320 g/mol. The Kier molecular flexibility index (Phi) is 4.33. The Balaban J connectivity index is 1.53. The number of nitrogens with zero attached hydrogens (tertiary/aromatic N) is 2. The zero-order chi connectivity index (χ0) is 15.5. The number of carbonyl (C=O) groups excluding carboxylic acids is 3. The number of para-hydroxylation sites is 1. The molecule has 1 aromatic rings. The van der Waals surface area contributed by atoms with Crippen molar-refractivity contribution in [2.75, 3.05) is 25.4 Å². The molecular formula is C15H16N2O4S. The highest BCUT2D eigenvalue weighted by Crippen LogP contribution is 2.26. The summed E-state index contributed by atoms with van der Waals surface area (Å²) in [5.41, 5.74) is 0. The molecule has 0 aromatic heterocycles. The summed E-state index contributed by atoms with van der Waals surface area (Å²) in [6.45, 7) is 0.909. The van der Waals surface area contributed by atoms with Gasteiger partial charge >= 0.3 is 0 Å². The lowest BCUT2D eigenvalue weighted by Gasteiger charge is -2.21. The number of ether oxygens (including phenoxy) is 1. The quantitative estimate of drug-likeness (QED) is 0.838. The summed E-state index contributed by atoms with van der Waals surface area (Å²) in [4.78, 5) is 38.5. The number of benzene rings is 1. The average molecular weight is 320 g/mol. The van der Waals surface area contributed by atoms with Crippen molar-refractivity contribution in [3.63, 3.8) is 0 Å². The van der Waals surface area contributed by atoms with Crippen LogP contribution in [0.3, 0.4) is 0 Å². The van der Waals surface area contributed by atoms with Crippen LogP contribution < -0.4 is 4.74 Å². The van der Waals surface area contributed by atoms with Gasteiger partial charge in [-0.25, -0.2) is 0 Å². The van der Waals surface area contributed by atoms with Crippen LogP contribution >= 0.6 is 11.8 Å². The first kappa shape index (κ1) is 14.9. The normalized spacial score (nSPS) is 21.5. The van der Waals surface area contributed by atoms with Crippen molar-refractivity contribution in [3.05, 3.63) is 30.3 Å². The summed E-state index contributed by atoms with van der Waals surface area (Å²) in [5, 5.41) is -0.204. The molecule has 1 atom stereocenters. The Morgan fingerprint density at radius 2 is 2.05 bits per heavy atom. The van der Waals surface area contributed by atoms with E-state index in [1.807, 2.05) is 18.2 Å². The van der Waals surface area contributed by atoms with Crippen LogP contribution in [0, 0.1) is 0 Å². The maximum Gasteiger partial charge on any atom is 0.289 e. The van der Waals surface area contributed by atoms with Crippen LogP contribution in [0.25, 0.3) is 0 Å². The van der Waals surface area contributed by atoms with Gasteiger partial charge in [0, 0.05) is 13.1 Å². The predicted molar refractivity (Wildman–Crippen MR) is 81.6 cm³/mol. The Bertz CT molecular complexity index is 576. The smallest absolute Gasteiger partial charge is 0.289 e. The Morgan fingerprint density at radius 1 is 1.27 bits per heavy atom. The number of hydrogen-bond acceptors (Lipinski definition) is 5. The molecule has 2 saturated heterocycles. The Hall–Kier alpha value is -2.02. The van der Waals surface area contributed by atoms with Gasteiger partial charge in [0.1, 0.15) is 5.75 Å². The average Bonchev–Trinajstić information content (AvgIpc) is 3.13. The molecular weight excluding hydrogens is 304 g/mol. The van der Waals surface area contributed by atoms with E-state index in [0.29, 0.717) is 25.3 Å². The minimum absolute atomic E-state index is 0.0343. The molecule has 0 aliphatic carbocycles. The van der Waals surface area contributed by atoms with Crippen LogP contribution in [0.4, 0.5) is 4.79 Å². The van der Waals surface area contributed by atoms with Crippen LogP contribution in [0.2, 0.25) is 0 Å². The predicted octanol–water partition coefficient (Wildman–Crippen LogP) is 1.36. The van der Waals surface area contributed by atoms with E-state index in [-0.39, 0.29) is 35.5 Å². The summed E-state index contributed by atoms with van der Waals surface area (Å²) >= 11 is 1.03. The third-order valence-corrected chi connectivity index (χ3v) is 4.61. The number of amides is 3. The standard InChI is InChI=1S/C15H16N2O4S/c18-13(9-21-12-4-2-1-3-5-12)16-7-6-11(8-16)17-14(19)10-22-15(17)20/h1-5,11H,6-10H2. The van der Waals surface area contributed by atoms with Crippen LogP contribution in [0.5, 0.6) is 5.75 Å². The number of hydrogen-bond donors (Lipinski definition) is 0. The van der Waals surface area contributed by atoms with E-state index in [2.05, 4.69) is 0 Å². The lowest BCUT2D eigenvalue weighted by Crippen LogP contribution is -2.42. The number of thioether (sulfide) groups is 1. The maximum absolute atomic E-state index is 12.1. The molecule has 1 aromatic carbocycles. The van der Waals surface area contributed by atoms with E-state index >= 15 is 0 Å². The maximum atomic E-state index is 12.1. The highest BCUT2D eigenvalue weighted by Gasteiger charge is 2.40. The molecule has 0 bridgehead atoms. The van der Waals surface area contributed by atoms with Gasteiger partial charge in [-0.1, -0.05) is 30.0 Å². The molecule has 3 rings (SSSR count). The van der Waals surface area contributed by atoms with Gasteiger partial charge in [-0.05, 0) is 18.6 Å². The fourth-order valence-electron chi connectivity index (χ4n) is 2.65. The Labute approximate surface area is 132 Å². The van der Waals surface area contributed by atoms with Gasteiger partial charge in [-0.2, -0.15) is 0 Å². The van der Waals surface area contributed by atoms with Crippen molar-refractivity contribution >= 4 is 28.8 Å². The Morgan fingerprint density at radius 3 is 2.73 bits per heavy atom. The highest BCUT2D eigenvalue weighted by molar-refractivity contribution is 8.14. The first-order valence-electron chi connectivity index (χ1n) is 7.09. The highest BCUT2D eigenvalue weighted by atomic mass is 32.2. The first-order valence-corrected chi connectivity index (χ1v) is 8.08. The molecule has 2 aliphatic rings. The SMILES string of the molecule is O=C(COc1ccccc1)N1CCC(N2C(=O)CSC2=O)C1. The van der Waals surface area contributed by atoms with Gasteiger partial charge in [0.2, 0.25) is 5.91 Å². The van der Waals surface area contributed by atoms with Crippen molar-refractivity contribution in [1.29, 1.82) is 0 Å². The molecule has 116 valence electrons. The van der Waals surface area contributed by atoms with Crippen molar-refractivity contribution in [2.45, 2.75) is 12.5 Å². The van der Waals surface area contributed by atoms with Gasteiger partial charge in [-0.15, -0.1) is 0 Å². The first-order chi connectivity index (χ1) is 10.6. The van der Waals surface area contributed by atoms with Crippen LogP contribution in [0.15, 0.2) is 30.3 Å². The number of imide groups is 1. The molecule has 0 saturated carbocycles. The van der Waals surface area contributed by atoms with E-state index in [0.717, 1.165) is 11.8 Å². The number of rotatable bonds is 4. The van der Waals surface area contributed by atoms with Crippen molar-refractivity contribution in [2.24, 2.45) is 0 Å². The van der Waals surface area contributed by atoms with Gasteiger partial charge in [-0.3, -0.25) is 19.3 Å². The van der Waals surface area contributed by atoms with Crippen molar-refractivity contribution in [1.82, 2.24) is 9.80 Å². The molecule has 2 aliphatic heterocycles. The summed E-state index contributed by atoms with van der Waals surface area (Å²) < 4.78 is 5.44. The summed E-state index contributed by atoms with van der Waals surface area (Å²) in [6, 6.07) is 8.94. The van der Waals surface area contributed by atoms with Gasteiger partial charge in [0.15, 0.2) is 6.61 Å². The largest absolute Gasteiger partial charge is 0.484 e. The lowest BCUT2D eigenvalue weighted by atomic mass is 10.2. The second-order valence-corrected chi connectivity index (χ2v) is 6.13. The minimum atomic E-state index is -0.204. The van der Waals surface area contributed by atoms with E-state index in [1.54, 1.807) is 17.0 Å². The molecule has 0 radical (unpaired) electrons. The molecule has 6 nitrogen and oxygen atoms in total. The third-order valence-electron chi connectivity index (χ3n) is 3.77.